The average molecular weight is 530 g/mol. The Bertz CT molecular complexity index is 1850. The van der Waals surface area contributed by atoms with E-state index in [1.54, 1.807) is 12.4 Å². The third-order valence-electron chi connectivity index (χ3n) is 8.35. The molecule has 1 spiro atoms. The molecule has 0 radical (unpaired) electrons. The van der Waals surface area contributed by atoms with E-state index in [9.17, 15) is 0 Å². The summed E-state index contributed by atoms with van der Waals surface area (Å²) in [6.45, 7) is 4.35. The van der Waals surface area contributed by atoms with Gasteiger partial charge in [-0.15, -0.1) is 0 Å². The van der Waals surface area contributed by atoms with E-state index >= 15 is 0 Å². The van der Waals surface area contributed by atoms with Gasteiger partial charge >= 0.3 is 0 Å². The SMILES string of the molecule is Cc1ccc2c(c1)C1(c3ccccc3Oc3ccccc31)c1cc(C)ccc1N2c1ccc(-c2ncccn2)cc1. The van der Waals surface area contributed by atoms with E-state index in [4.69, 9.17) is 4.74 Å². The smallest absolute Gasteiger partial charge is 0.159 e. The van der Waals surface area contributed by atoms with E-state index in [0.29, 0.717) is 0 Å². The number of hydrogen-bond acceptors (Lipinski definition) is 4. The molecule has 3 heterocycles. The van der Waals surface area contributed by atoms with Crippen LogP contribution in [-0.2, 0) is 5.41 Å². The highest BCUT2D eigenvalue weighted by atomic mass is 16.5. The Hall–Kier alpha value is -5.22. The van der Waals surface area contributed by atoms with Gasteiger partial charge in [0.15, 0.2) is 5.82 Å². The minimum atomic E-state index is -0.539. The van der Waals surface area contributed by atoms with Crippen LogP contribution in [0.4, 0.5) is 17.1 Å². The lowest BCUT2D eigenvalue weighted by atomic mass is 9.61. The molecule has 2 aliphatic heterocycles. The highest BCUT2D eigenvalue weighted by Crippen LogP contribution is 2.62. The molecule has 5 aromatic carbocycles. The molecule has 0 aliphatic carbocycles. The standard InChI is InChI=1S/C37H27N3O/c1-24-12-18-32-30(22-24)37(28-8-3-5-10-34(28)41-35-11-6-4-9-29(35)37)31-23-25(2)13-19-33(31)40(32)27-16-14-26(15-17-27)36-38-20-7-21-39-36/h3-23H,1-2H3. The average Bonchev–Trinajstić information content (AvgIpc) is 3.02. The second kappa shape index (κ2) is 8.90. The number of rotatable bonds is 2. The molecular weight excluding hydrogens is 502 g/mol. The molecule has 0 saturated heterocycles. The second-order valence-corrected chi connectivity index (χ2v) is 10.8. The lowest BCUT2D eigenvalue weighted by Crippen LogP contribution is -2.39. The van der Waals surface area contributed by atoms with Gasteiger partial charge in [-0.1, -0.05) is 71.8 Å². The Morgan fingerprint density at radius 1 is 0.561 bits per heavy atom. The number of hydrogen-bond donors (Lipinski definition) is 0. The molecule has 0 atom stereocenters. The molecule has 6 aromatic rings. The lowest BCUT2D eigenvalue weighted by Gasteiger charge is -2.48. The number of fused-ring (bicyclic) bond motifs is 8. The van der Waals surface area contributed by atoms with Gasteiger partial charge in [0.25, 0.3) is 0 Å². The van der Waals surface area contributed by atoms with Crippen molar-refractivity contribution < 1.29 is 4.74 Å². The highest BCUT2D eigenvalue weighted by Gasteiger charge is 2.51. The minimum Gasteiger partial charge on any atom is -0.457 e. The van der Waals surface area contributed by atoms with Gasteiger partial charge in [0.05, 0.1) is 16.8 Å². The van der Waals surface area contributed by atoms with E-state index in [2.05, 4.69) is 138 Å². The fraction of sp³-hybridized carbons (Fsp3) is 0.0811. The number of ether oxygens (including phenoxy) is 1. The number of anilines is 3. The molecule has 0 unspecified atom stereocenters. The van der Waals surface area contributed by atoms with Gasteiger partial charge in [0.1, 0.15) is 11.5 Å². The van der Waals surface area contributed by atoms with Crippen LogP contribution in [0.15, 0.2) is 128 Å². The predicted octanol–water partition coefficient (Wildman–Crippen LogP) is 9.03. The van der Waals surface area contributed by atoms with Crippen molar-refractivity contribution in [1.29, 1.82) is 0 Å². The summed E-state index contributed by atoms with van der Waals surface area (Å²) in [5, 5.41) is 0. The summed E-state index contributed by atoms with van der Waals surface area (Å²) in [5.74, 6) is 2.51. The largest absolute Gasteiger partial charge is 0.457 e. The first kappa shape index (κ1) is 23.6. The van der Waals surface area contributed by atoms with Gasteiger partial charge in [0.2, 0.25) is 0 Å². The molecule has 0 bridgehead atoms. The molecular formula is C37H27N3O. The topological polar surface area (TPSA) is 38.2 Å². The van der Waals surface area contributed by atoms with Crippen LogP contribution in [0.2, 0.25) is 0 Å². The van der Waals surface area contributed by atoms with Crippen LogP contribution in [0.5, 0.6) is 11.5 Å². The molecule has 196 valence electrons. The van der Waals surface area contributed by atoms with Crippen LogP contribution >= 0.6 is 0 Å². The zero-order chi connectivity index (χ0) is 27.6. The summed E-state index contributed by atoms with van der Waals surface area (Å²) in [4.78, 5) is 11.3. The number of aromatic nitrogens is 2. The Balaban J connectivity index is 1.45. The van der Waals surface area contributed by atoms with Crippen molar-refractivity contribution in [3.05, 3.63) is 161 Å². The molecule has 41 heavy (non-hydrogen) atoms. The monoisotopic (exact) mass is 529 g/mol. The molecule has 4 nitrogen and oxygen atoms in total. The Labute approximate surface area is 239 Å². The summed E-state index contributed by atoms with van der Waals surface area (Å²) < 4.78 is 6.54. The first-order chi connectivity index (χ1) is 20.1. The normalized spacial score (nSPS) is 14.0. The third-order valence-corrected chi connectivity index (χ3v) is 8.35. The Morgan fingerprint density at radius 2 is 1.10 bits per heavy atom. The van der Waals surface area contributed by atoms with Crippen molar-refractivity contribution in [2.24, 2.45) is 0 Å². The first-order valence-corrected chi connectivity index (χ1v) is 13.9. The first-order valence-electron chi connectivity index (χ1n) is 13.9. The Morgan fingerprint density at radius 3 is 1.66 bits per heavy atom. The molecule has 0 fully saturated rings. The molecule has 4 heteroatoms. The Kier molecular flexibility index (Phi) is 5.13. The van der Waals surface area contributed by atoms with E-state index < -0.39 is 5.41 Å². The minimum absolute atomic E-state index is 0.539. The van der Waals surface area contributed by atoms with Crippen LogP contribution < -0.4 is 9.64 Å². The quantitative estimate of drug-likeness (QED) is 0.224. The molecule has 0 amide bonds. The fourth-order valence-corrected chi connectivity index (χ4v) is 6.63. The van der Waals surface area contributed by atoms with E-state index in [1.807, 2.05) is 6.07 Å². The summed E-state index contributed by atoms with van der Waals surface area (Å²) in [6, 6.07) is 41.1. The number of aryl methyl sites for hydroxylation is 2. The molecule has 8 rings (SSSR count). The number of nitrogens with zero attached hydrogens (tertiary/aromatic N) is 3. The molecule has 1 aromatic heterocycles. The van der Waals surface area contributed by atoms with Crippen molar-refractivity contribution >= 4 is 17.1 Å². The van der Waals surface area contributed by atoms with Crippen LogP contribution in [0, 0.1) is 13.8 Å². The van der Waals surface area contributed by atoms with Gasteiger partial charge in [0, 0.05) is 34.8 Å². The van der Waals surface area contributed by atoms with Crippen LogP contribution in [0.25, 0.3) is 11.4 Å². The number of benzene rings is 5. The van der Waals surface area contributed by atoms with Gasteiger partial charge in [-0.25, -0.2) is 9.97 Å². The predicted molar refractivity (Wildman–Crippen MR) is 164 cm³/mol. The van der Waals surface area contributed by atoms with Crippen molar-refractivity contribution in [1.82, 2.24) is 9.97 Å². The van der Waals surface area contributed by atoms with Crippen molar-refractivity contribution in [2.75, 3.05) is 4.90 Å². The summed E-state index contributed by atoms with van der Waals surface area (Å²) in [6.07, 6.45) is 3.56. The van der Waals surface area contributed by atoms with Crippen molar-refractivity contribution in [3.63, 3.8) is 0 Å². The molecule has 0 saturated carbocycles. The van der Waals surface area contributed by atoms with Gasteiger partial charge in [-0.3, -0.25) is 0 Å². The summed E-state index contributed by atoms with van der Waals surface area (Å²) >= 11 is 0. The van der Waals surface area contributed by atoms with E-state index in [1.165, 1.54) is 22.3 Å². The van der Waals surface area contributed by atoms with Crippen LogP contribution in [-0.4, -0.2) is 9.97 Å². The van der Waals surface area contributed by atoms with Gasteiger partial charge in [-0.2, -0.15) is 0 Å². The van der Waals surface area contributed by atoms with Gasteiger partial charge < -0.3 is 9.64 Å². The third kappa shape index (κ3) is 3.40. The fourth-order valence-electron chi connectivity index (χ4n) is 6.63. The molecule has 0 N–H and O–H groups in total. The van der Waals surface area contributed by atoms with E-state index in [0.717, 1.165) is 51.1 Å². The van der Waals surface area contributed by atoms with Crippen LogP contribution in [0.3, 0.4) is 0 Å². The van der Waals surface area contributed by atoms with Crippen molar-refractivity contribution in [2.45, 2.75) is 19.3 Å². The number of para-hydroxylation sites is 2. The second-order valence-electron chi connectivity index (χ2n) is 10.8. The van der Waals surface area contributed by atoms with Crippen LogP contribution in [0.1, 0.15) is 33.4 Å². The van der Waals surface area contributed by atoms with Crippen molar-refractivity contribution in [3.8, 4) is 22.9 Å². The maximum Gasteiger partial charge on any atom is 0.159 e. The zero-order valence-corrected chi connectivity index (χ0v) is 22.9. The summed E-state index contributed by atoms with van der Waals surface area (Å²) in [5.41, 5.74) is 11.1. The maximum atomic E-state index is 6.54. The molecule has 2 aliphatic rings. The maximum absolute atomic E-state index is 6.54. The lowest BCUT2D eigenvalue weighted by molar-refractivity contribution is 0.434. The zero-order valence-electron chi connectivity index (χ0n) is 22.9. The van der Waals surface area contributed by atoms with Gasteiger partial charge in [-0.05, 0) is 79.6 Å². The highest BCUT2D eigenvalue weighted by molar-refractivity contribution is 5.91. The van der Waals surface area contributed by atoms with E-state index in [-0.39, 0.29) is 0 Å². The summed E-state index contributed by atoms with van der Waals surface area (Å²) in [7, 11) is 0.